The Morgan fingerprint density at radius 1 is 1.33 bits per heavy atom. The van der Waals surface area contributed by atoms with Gasteiger partial charge in [-0.3, -0.25) is 0 Å². The molecular formula is C7H16N2O2S. The zero-order valence-electron chi connectivity index (χ0n) is 7.65. The van der Waals surface area contributed by atoms with Crippen molar-refractivity contribution in [2.75, 3.05) is 26.7 Å². The van der Waals surface area contributed by atoms with Gasteiger partial charge in [0.25, 0.3) is 10.2 Å². The molecule has 1 fully saturated rings. The van der Waals surface area contributed by atoms with E-state index in [4.69, 9.17) is 0 Å². The van der Waals surface area contributed by atoms with Crippen LogP contribution < -0.4 is 0 Å². The van der Waals surface area contributed by atoms with Crippen LogP contribution in [-0.4, -0.2) is 43.7 Å². The molecule has 0 unspecified atom stereocenters. The average molecular weight is 192 g/mol. The summed E-state index contributed by atoms with van der Waals surface area (Å²) in [5.74, 6) is 0. The summed E-state index contributed by atoms with van der Waals surface area (Å²) in [6.07, 6.45) is 1.99. The summed E-state index contributed by atoms with van der Waals surface area (Å²) in [5.41, 5.74) is 0. The fourth-order valence-corrected chi connectivity index (χ4v) is 2.72. The van der Waals surface area contributed by atoms with Crippen LogP contribution in [0.4, 0.5) is 0 Å². The normalized spacial score (nSPS) is 20.6. The van der Waals surface area contributed by atoms with Crippen LogP contribution in [0, 0.1) is 0 Å². The van der Waals surface area contributed by atoms with Crippen LogP contribution in [0.1, 0.15) is 19.8 Å². The van der Waals surface area contributed by atoms with E-state index in [1.165, 1.54) is 4.31 Å². The van der Waals surface area contributed by atoms with Crippen molar-refractivity contribution in [3.05, 3.63) is 0 Å². The highest BCUT2D eigenvalue weighted by atomic mass is 32.2. The minimum absolute atomic E-state index is 0.541. The standard InChI is InChI=1S/C7H16N2O2S/c1-3-8(2)12(10,11)9-6-4-5-7-9/h3-7H2,1-2H3. The van der Waals surface area contributed by atoms with Crippen molar-refractivity contribution in [3.8, 4) is 0 Å². The van der Waals surface area contributed by atoms with Crippen LogP contribution in [0.25, 0.3) is 0 Å². The number of hydrogen-bond donors (Lipinski definition) is 0. The van der Waals surface area contributed by atoms with E-state index in [9.17, 15) is 8.42 Å². The highest BCUT2D eigenvalue weighted by Gasteiger charge is 2.27. The predicted molar refractivity (Wildman–Crippen MR) is 48.0 cm³/mol. The van der Waals surface area contributed by atoms with Gasteiger partial charge in [0.15, 0.2) is 0 Å². The van der Waals surface area contributed by atoms with Gasteiger partial charge in [-0.15, -0.1) is 0 Å². The Labute approximate surface area is 74.3 Å². The van der Waals surface area contributed by atoms with Crippen LogP contribution in [0.15, 0.2) is 0 Å². The van der Waals surface area contributed by atoms with Crippen molar-refractivity contribution in [1.29, 1.82) is 0 Å². The first-order valence-corrected chi connectivity index (χ1v) is 5.70. The topological polar surface area (TPSA) is 40.6 Å². The molecule has 0 radical (unpaired) electrons. The van der Waals surface area contributed by atoms with E-state index < -0.39 is 10.2 Å². The Hall–Kier alpha value is -0.130. The lowest BCUT2D eigenvalue weighted by Crippen LogP contribution is -2.39. The van der Waals surface area contributed by atoms with Crippen LogP contribution in [0.5, 0.6) is 0 Å². The Bertz CT molecular complexity index is 232. The molecule has 0 bridgehead atoms. The molecular weight excluding hydrogens is 176 g/mol. The average Bonchev–Trinajstić information content (AvgIpc) is 2.55. The zero-order valence-corrected chi connectivity index (χ0v) is 8.47. The molecule has 0 N–H and O–H groups in total. The second-order valence-electron chi connectivity index (χ2n) is 3.03. The molecule has 0 spiro atoms. The maximum Gasteiger partial charge on any atom is 0.281 e. The lowest BCUT2D eigenvalue weighted by atomic mass is 10.4. The number of nitrogens with zero attached hydrogens (tertiary/aromatic N) is 2. The van der Waals surface area contributed by atoms with E-state index >= 15 is 0 Å². The molecule has 1 rings (SSSR count). The van der Waals surface area contributed by atoms with E-state index in [1.54, 1.807) is 11.4 Å². The highest BCUT2D eigenvalue weighted by Crippen LogP contribution is 2.14. The minimum Gasteiger partial charge on any atom is -0.195 e. The van der Waals surface area contributed by atoms with Gasteiger partial charge in [0.2, 0.25) is 0 Å². The molecule has 1 aliphatic rings. The zero-order chi connectivity index (χ0) is 9.19. The van der Waals surface area contributed by atoms with Crippen LogP contribution in [0.3, 0.4) is 0 Å². The molecule has 5 heteroatoms. The molecule has 72 valence electrons. The third-order valence-corrected chi connectivity index (χ3v) is 4.29. The monoisotopic (exact) mass is 192 g/mol. The van der Waals surface area contributed by atoms with Gasteiger partial charge in [0, 0.05) is 26.7 Å². The summed E-state index contributed by atoms with van der Waals surface area (Å²) in [4.78, 5) is 0. The second kappa shape index (κ2) is 3.72. The largest absolute Gasteiger partial charge is 0.281 e. The molecule has 0 amide bonds. The summed E-state index contributed by atoms with van der Waals surface area (Å²) in [6, 6.07) is 0. The molecule has 1 heterocycles. The third-order valence-electron chi connectivity index (χ3n) is 2.23. The Morgan fingerprint density at radius 2 is 1.83 bits per heavy atom. The van der Waals surface area contributed by atoms with Gasteiger partial charge in [0.1, 0.15) is 0 Å². The highest BCUT2D eigenvalue weighted by molar-refractivity contribution is 7.86. The van der Waals surface area contributed by atoms with Gasteiger partial charge in [-0.05, 0) is 12.8 Å². The van der Waals surface area contributed by atoms with Crippen molar-refractivity contribution < 1.29 is 8.42 Å². The minimum atomic E-state index is -3.12. The van der Waals surface area contributed by atoms with Gasteiger partial charge in [-0.25, -0.2) is 0 Å². The van der Waals surface area contributed by atoms with Gasteiger partial charge < -0.3 is 0 Å². The maximum absolute atomic E-state index is 11.6. The first-order chi connectivity index (χ1) is 5.59. The molecule has 12 heavy (non-hydrogen) atoms. The van der Waals surface area contributed by atoms with Crippen molar-refractivity contribution in [1.82, 2.24) is 8.61 Å². The summed E-state index contributed by atoms with van der Waals surface area (Å²) >= 11 is 0. The van der Waals surface area contributed by atoms with E-state index in [-0.39, 0.29) is 0 Å². The summed E-state index contributed by atoms with van der Waals surface area (Å²) in [7, 11) is -1.50. The lowest BCUT2D eigenvalue weighted by Gasteiger charge is -2.22. The molecule has 4 nitrogen and oxygen atoms in total. The van der Waals surface area contributed by atoms with Gasteiger partial charge in [-0.1, -0.05) is 6.92 Å². The van der Waals surface area contributed by atoms with Crippen molar-refractivity contribution in [2.45, 2.75) is 19.8 Å². The van der Waals surface area contributed by atoms with Crippen molar-refractivity contribution in [2.24, 2.45) is 0 Å². The van der Waals surface area contributed by atoms with Gasteiger partial charge >= 0.3 is 0 Å². The van der Waals surface area contributed by atoms with E-state index in [2.05, 4.69) is 0 Å². The Balaban J connectivity index is 2.70. The summed E-state index contributed by atoms with van der Waals surface area (Å²) in [5, 5.41) is 0. The molecule has 0 saturated carbocycles. The SMILES string of the molecule is CCN(C)S(=O)(=O)N1CCCC1. The molecule has 1 saturated heterocycles. The summed E-state index contributed by atoms with van der Waals surface area (Å²) in [6.45, 7) is 3.76. The lowest BCUT2D eigenvalue weighted by molar-refractivity contribution is 0.403. The van der Waals surface area contributed by atoms with Crippen LogP contribution in [-0.2, 0) is 10.2 Å². The smallest absolute Gasteiger partial charge is 0.195 e. The van der Waals surface area contributed by atoms with Gasteiger partial charge in [0.05, 0.1) is 0 Å². The predicted octanol–water partition coefficient (Wildman–Crippen LogP) is 0.279. The van der Waals surface area contributed by atoms with E-state index in [1.807, 2.05) is 6.92 Å². The quantitative estimate of drug-likeness (QED) is 0.644. The molecule has 1 aliphatic heterocycles. The molecule has 0 aliphatic carbocycles. The Morgan fingerprint density at radius 3 is 2.25 bits per heavy atom. The second-order valence-corrected chi connectivity index (χ2v) is 5.06. The molecule has 0 aromatic carbocycles. The van der Waals surface area contributed by atoms with Crippen LogP contribution >= 0.6 is 0 Å². The van der Waals surface area contributed by atoms with E-state index in [0.717, 1.165) is 12.8 Å². The Kier molecular flexibility index (Phi) is 3.09. The third kappa shape index (κ3) is 1.78. The molecule has 0 atom stereocenters. The first-order valence-electron chi connectivity index (χ1n) is 4.30. The molecule has 0 aromatic heterocycles. The fraction of sp³-hybridized carbons (Fsp3) is 1.00. The number of hydrogen-bond acceptors (Lipinski definition) is 2. The van der Waals surface area contributed by atoms with E-state index in [0.29, 0.717) is 19.6 Å². The van der Waals surface area contributed by atoms with Crippen LogP contribution in [0.2, 0.25) is 0 Å². The fourth-order valence-electron chi connectivity index (χ4n) is 1.28. The van der Waals surface area contributed by atoms with Crippen molar-refractivity contribution in [3.63, 3.8) is 0 Å². The summed E-state index contributed by atoms with van der Waals surface area (Å²) < 4.78 is 26.2. The maximum atomic E-state index is 11.6. The number of rotatable bonds is 3. The van der Waals surface area contributed by atoms with Crippen molar-refractivity contribution >= 4 is 10.2 Å². The van der Waals surface area contributed by atoms with Gasteiger partial charge in [-0.2, -0.15) is 17.0 Å². The molecule has 0 aromatic rings. The first kappa shape index (κ1) is 9.95.